The topological polar surface area (TPSA) is 82.5 Å². The van der Waals surface area contributed by atoms with E-state index < -0.39 is 0 Å². The van der Waals surface area contributed by atoms with Crippen molar-refractivity contribution in [3.05, 3.63) is 42.2 Å². The number of ether oxygens (including phenoxy) is 2. The molecule has 1 heterocycles. The molecule has 128 valence electrons. The number of nitrogens with one attached hydrogen (secondary N) is 1. The lowest BCUT2D eigenvalue weighted by Gasteiger charge is -2.15. The monoisotopic (exact) mass is 331 g/mol. The molecule has 0 aliphatic rings. The van der Waals surface area contributed by atoms with E-state index in [2.05, 4.69) is 10.4 Å². The summed E-state index contributed by atoms with van der Waals surface area (Å²) in [5, 5.41) is 6.93. The van der Waals surface area contributed by atoms with Crippen molar-refractivity contribution in [2.24, 2.45) is 0 Å². The Morgan fingerprint density at radius 3 is 2.75 bits per heavy atom. The number of carbonyl (C=O) groups is 2. The molecule has 1 unspecified atom stereocenters. The number of hydrogen-bond donors (Lipinski definition) is 1. The van der Waals surface area contributed by atoms with Crippen LogP contribution in [-0.4, -0.2) is 41.2 Å². The molecule has 0 saturated heterocycles. The van der Waals surface area contributed by atoms with E-state index >= 15 is 0 Å². The lowest BCUT2D eigenvalue weighted by Crippen LogP contribution is -2.38. The molecule has 1 N–H and O–H groups in total. The van der Waals surface area contributed by atoms with Gasteiger partial charge in [0.05, 0.1) is 13.7 Å². The second-order valence-electron chi connectivity index (χ2n) is 5.41. The van der Waals surface area contributed by atoms with Gasteiger partial charge in [-0.25, -0.2) is 0 Å². The van der Waals surface area contributed by atoms with E-state index in [1.54, 1.807) is 29.1 Å². The summed E-state index contributed by atoms with van der Waals surface area (Å²) in [4.78, 5) is 23.3. The van der Waals surface area contributed by atoms with Gasteiger partial charge in [0, 0.05) is 24.0 Å². The summed E-state index contributed by atoms with van der Waals surface area (Å²) < 4.78 is 12.4. The first kappa shape index (κ1) is 17.5. The predicted molar refractivity (Wildman–Crippen MR) is 88.3 cm³/mol. The van der Waals surface area contributed by atoms with Crippen molar-refractivity contribution < 1.29 is 19.1 Å². The van der Waals surface area contributed by atoms with Crippen molar-refractivity contribution in [2.45, 2.75) is 26.4 Å². The third-order valence-electron chi connectivity index (χ3n) is 3.36. The molecule has 1 amide bonds. The Kier molecular flexibility index (Phi) is 5.95. The number of nitrogens with zero attached hydrogens (tertiary/aromatic N) is 2. The maximum Gasteiger partial charge on any atom is 0.258 e. The number of benzene rings is 1. The van der Waals surface area contributed by atoms with E-state index in [9.17, 15) is 9.59 Å². The molecule has 1 aromatic heterocycles. The number of rotatable bonds is 8. The van der Waals surface area contributed by atoms with Gasteiger partial charge in [0.25, 0.3) is 5.91 Å². The van der Waals surface area contributed by atoms with E-state index in [1.165, 1.54) is 14.0 Å². The van der Waals surface area contributed by atoms with Crippen LogP contribution in [0.25, 0.3) is 0 Å². The molecule has 0 aliphatic carbocycles. The lowest BCUT2D eigenvalue weighted by atomic mass is 10.1. The van der Waals surface area contributed by atoms with Crippen molar-refractivity contribution in [3.63, 3.8) is 0 Å². The molecule has 0 radical (unpaired) electrons. The lowest BCUT2D eigenvalue weighted by molar-refractivity contribution is -0.123. The minimum Gasteiger partial charge on any atom is -0.493 e. The van der Waals surface area contributed by atoms with Gasteiger partial charge in [-0.05, 0) is 38.1 Å². The van der Waals surface area contributed by atoms with Crippen molar-refractivity contribution in [1.82, 2.24) is 15.1 Å². The molecule has 2 rings (SSSR count). The van der Waals surface area contributed by atoms with Crippen LogP contribution in [0.5, 0.6) is 11.5 Å². The maximum atomic E-state index is 12.0. The smallest absolute Gasteiger partial charge is 0.258 e. The molecule has 0 bridgehead atoms. The van der Waals surface area contributed by atoms with Gasteiger partial charge in [0.1, 0.15) is 0 Å². The largest absolute Gasteiger partial charge is 0.493 e. The average molecular weight is 331 g/mol. The zero-order valence-electron chi connectivity index (χ0n) is 14.0. The Balaban J connectivity index is 1.88. The Morgan fingerprint density at radius 2 is 2.12 bits per heavy atom. The minimum absolute atomic E-state index is 0.0648. The fraction of sp³-hybridized carbons (Fsp3) is 0.353. The first-order valence-electron chi connectivity index (χ1n) is 7.58. The van der Waals surface area contributed by atoms with Gasteiger partial charge in [-0.2, -0.15) is 5.10 Å². The maximum absolute atomic E-state index is 12.0. The minimum atomic E-state index is -0.243. The van der Waals surface area contributed by atoms with Crippen LogP contribution in [0.2, 0.25) is 0 Å². The number of Topliss-reactive ketones (excluding diaryl/α,β-unsaturated/α-hetero) is 1. The van der Waals surface area contributed by atoms with E-state index in [1.807, 2.05) is 19.2 Å². The highest BCUT2D eigenvalue weighted by Crippen LogP contribution is 2.28. The molecule has 7 nitrogen and oxygen atoms in total. The average Bonchev–Trinajstić information content (AvgIpc) is 3.05. The van der Waals surface area contributed by atoms with Crippen LogP contribution in [0.3, 0.4) is 0 Å². The van der Waals surface area contributed by atoms with E-state index in [4.69, 9.17) is 9.47 Å². The fourth-order valence-electron chi connectivity index (χ4n) is 2.20. The molecule has 1 aromatic carbocycles. The van der Waals surface area contributed by atoms with Crippen LogP contribution >= 0.6 is 0 Å². The number of ketones is 1. The summed E-state index contributed by atoms with van der Waals surface area (Å²) in [5.74, 6) is 0.523. The normalized spacial score (nSPS) is 11.6. The number of methoxy groups -OCH3 is 1. The van der Waals surface area contributed by atoms with Crippen molar-refractivity contribution in [1.29, 1.82) is 0 Å². The molecule has 7 heteroatoms. The summed E-state index contributed by atoms with van der Waals surface area (Å²) in [6, 6.07) is 6.60. The number of carbonyl (C=O) groups excluding carboxylic acids is 2. The molecule has 0 spiro atoms. The Morgan fingerprint density at radius 1 is 1.33 bits per heavy atom. The molecule has 1 atom stereocenters. The second kappa shape index (κ2) is 8.14. The molecular formula is C17H21N3O4. The van der Waals surface area contributed by atoms with Gasteiger partial charge in [-0.1, -0.05) is 0 Å². The molecule has 2 aromatic rings. The summed E-state index contributed by atoms with van der Waals surface area (Å²) in [6.45, 7) is 3.81. The van der Waals surface area contributed by atoms with Crippen LogP contribution in [-0.2, 0) is 11.3 Å². The molecule has 0 aliphatic heterocycles. The first-order valence-corrected chi connectivity index (χ1v) is 7.58. The van der Waals surface area contributed by atoms with Gasteiger partial charge in [-0.15, -0.1) is 0 Å². The standard InChI is InChI=1S/C17H21N3O4/c1-12(10-20-8-4-7-18-20)19-17(22)11-24-15-6-5-14(13(2)21)9-16(15)23-3/h4-9,12H,10-11H2,1-3H3,(H,19,22). The van der Waals surface area contributed by atoms with Gasteiger partial charge in [-0.3, -0.25) is 14.3 Å². The Labute approximate surface area is 140 Å². The van der Waals surface area contributed by atoms with E-state index in [-0.39, 0.29) is 24.3 Å². The Hall–Kier alpha value is -2.83. The fourth-order valence-corrected chi connectivity index (χ4v) is 2.20. The van der Waals surface area contributed by atoms with Crippen LogP contribution in [0, 0.1) is 0 Å². The highest BCUT2D eigenvalue weighted by Gasteiger charge is 2.12. The van der Waals surface area contributed by atoms with Gasteiger partial charge >= 0.3 is 0 Å². The summed E-state index contributed by atoms with van der Waals surface area (Å²) in [7, 11) is 1.48. The number of amides is 1. The second-order valence-corrected chi connectivity index (χ2v) is 5.41. The number of aromatic nitrogens is 2. The first-order chi connectivity index (χ1) is 11.5. The van der Waals surface area contributed by atoms with Crippen LogP contribution in [0.4, 0.5) is 0 Å². The predicted octanol–water partition coefficient (Wildman–Crippen LogP) is 1.68. The third kappa shape index (κ3) is 4.84. The van der Waals surface area contributed by atoms with Crippen molar-refractivity contribution in [3.8, 4) is 11.5 Å². The molecule has 0 fully saturated rings. The highest BCUT2D eigenvalue weighted by molar-refractivity contribution is 5.94. The summed E-state index contributed by atoms with van der Waals surface area (Å²) >= 11 is 0. The van der Waals surface area contributed by atoms with Crippen molar-refractivity contribution >= 4 is 11.7 Å². The third-order valence-corrected chi connectivity index (χ3v) is 3.36. The van der Waals surface area contributed by atoms with Crippen LogP contribution in [0.1, 0.15) is 24.2 Å². The summed E-state index contributed by atoms with van der Waals surface area (Å²) in [6.07, 6.45) is 3.52. The van der Waals surface area contributed by atoms with Crippen LogP contribution < -0.4 is 14.8 Å². The van der Waals surface area contributed by atoms with Gasteiger partial charge in [0.15, 0.2) is 23.9 Å². The zero-order chi connectivity index (χ0) is 17.5. The van der Waals surface area contributed by atoms with E-state index in [0.29, 0.717) is 23.6 Å². The summed E-state index contributed by atoms with van der Waals surface area (Å²) in [5.41, 5.74) is 0.525. The number of hydrogen-bond acceptors (Lipinski definition) is 5. The van der Waals surface area contributed by atoms with Crippen LogP contribution in [0.15, 0.2) is 36.7 Å². The Bertz CT molecular complexity index is 698. The van der Waals surface area contributed by atoms with Gasteiger partial charge in [0.2, 0.25) is 0 Å². The highest BCUT2D eigenvalue weighted by atomic mass is 16.5. The SMILES string of the molecule is COc1cc(C(C)=O)ccc1OCC(=O)NC(C)Cn1cccn1. The van der Waals surface area contributed by atoms with Crippen molar-refractivity contribution in [2.75, 3.05) is 13.7 Å². The molecule has 0 saturated carbocycles. The van der Waals surface area contributed by atoms with E-state index in [0.717, 1.165) is 0 Å². The zero-order valence-corrected chi connectivity index (χ0v) is 14.0. The molecule has 24 heavy (non-hydrogen) atoms. The van der Waals surface area contributed by atoms with Gasteiger partial charge < -0.3 is 14.8 Å². The quantitative estimate of drug-likeness (QED) is 0.744. The molecular weight excluding hydrogens is 310 g/mol.